The summed E-state index contributed by atoms with van der Waals surface area (Å²) in [5.41, 5.74) is 2.66. The number of allylic oxidation sites excluding steroid dienone is 2. The molecule has 1 aromatic carbocycles. The maximum absolute atomic E-state index is 14.0. The third-order valence-electron chi connectivity index (χ3n) is 6.83. The van der Waals surface area contributed by atoms with Crippen LogP contribution in [0.1, 0.15) is 83.6 Å². The Labute approximate surface area is 165 Å². The molecule has 150 valence electrons. The lowest BCUT2D eigenvalue weighted by molar-refractivity contribution is 0.186. The highest BCUT2D eigenvalue weighted by atomic mass is 19.1. The Balaban J connectivity index is 1.44. The van der Waals surface area contributed by atoms with Crippen molar-refractivity contribution in [1.29, 1.82) is 0 Å². The van der Waals surface area contributed by atoms with Crippen molar-refractivity contribution in [2.24, 2.45) is 17.8 Å². The van der Waals surface area contributed by atoms with Crippen molar-refractivity contribution in [1.82, 2.24) is 0 Å². The van der Waals surface area contributed by atoms with Gasteiger partial charge in [0.25, 0.3) is 0 Å². The van der Waals surface area contributed by atoms with E-state index < -0.39 is 0 Å². The van der Waals surface area contributed by atoms with Crippen molar-refractivity contribution in [3.05, 3.63) is 41.2 Å². The average Bonchev–Trinajstić information content (AvgIpc) is 2.70. The van der Waals surface area contributed by atoms with Crippen molar-refractivity contribution in [3.63, 3.8) is 0 Å². The van der Waals surface area contributed by atoms with Crippen molar-refractivity contribution >= 4 is 0 Å². The number of halogens is 1. The minimum Gasteiger partial charge on any atom is -0.491 e. The van der Waals surface area contributed by atoms with E-state index in [2.05, 4.69) is 13.0 Å². The highest BCUT2D eigenvalue weighted by molar-refractivity contribution is 5.30. The Hall–Kier alpha value is -1.31. The van der Waals surface area contributed by atoms with Gasteiger partial charge in [-0.15, -0.1) is 0 Å². The van der Waals surface area contributed by atoms with Gasteiger partial charge in [-0.1, -0.05) is 50.3 Å². The molecule has 2 heteroatoms. The van der Waals surface area contributed by atoms with Crippen LogP contribution in [0.3, 0.4) is 0 Å². The Morgan fingerprint density at radius 3 is 2.44 bits per heavy atom. The maximum Gasteiger partial charge on any atom is 0.165 e. The first kappa shape index (κ1) is 20.4. The molecule has 1 atom stereocenters. The quantitative estimate of drug-likeness (QED) is 0.429. The minimum absolute atomic E-state index is 0.231. The molecule has 0 saturated heterocycles. The molecule has 1 aromatic rings. The highest BCUT2D eigenvalue weighted by Gasteiger charge is 2.28. The standard InChI is InChI=1S/C25H37FO/c1-3-5-19-8-13-22(14-9-19)23-15-10-20(11-16-23)6-7-21-12-17-25(27-4-2)24(26)18-21/h10,12,17-19,22-23H,3-9,11,13-16H2,1-2H3. The fourth-order valence-electron chi connectivity index (χ4n) is 5.20. The molecule has 1 nitrogen and oxygen atoms in total. The van der Waals surface area contributed by atoms with Crippen molar-refractivity contribution in [3.8, 4) is 5.75 Å². The monoisotopic (exact) mass is 372 g/mol. The maximum atomic E-state index is 14.0. The largest absolute Gasteiger partial charge is 0.491 e. The molecule has 1 fully saturated rings. The summed E-state index contributed by atoms with van der Waals surface area (Å²) < 4.78 is 19.3. The molecule has 1 unspecified atom stereocenters. The van der Waals surface area contributed by atoms with Crippen molar-refractivity contribution < 1.29 is 9.13 Å². The van der Waals surface area contributed by atoms with Crippen LogP contribution in [-0.2, 0) is 6.42 Å². The number of hydrogen-bond donors (Lipinski definition) is 0. The molecule has 0 N–H and O–H groups in total. The van der Waals surface area contributed by atoms with Crippen LogP contribution in [0.15, 0.2) is 29.8 Å². The zero-order valence-corrected chi connectivity index (χ0v) is 17.3. The molecule has 0 aliphatic heterocycles. The summed E-state index contributed by atoms with van der Waals surface area (Å²) in [5.74, 6) is 3.03. The fraction of sp³-hybridized carbons (Fsp3) is 0.680. The number of rotatable bonds is 8. The Kier molecular flexibility index (Phi) is 7.79. The zero-order valence-electron chi connectivity index (χ0n) is 17.3. The van der Waals surface area contributed by atoms with Crippen LogP contribution in [-0.4, -0.2) is 6.61 Å². The van der Waals surface area contributed by atoms with Gasteiger partial charge in [0.15, 0.2) is 11.6 Å². The third kappa shape index (κ3) is 5.83. The van der Waals surface area contributed by atoms with E-state index in [0.717, 1.165) is 36.2 Å². The smallest absolute Gasteiger partial charge is 0.165 e. The molecule has 0 amide bonds. The van der Waals surface area contributed by atoms with E-state index >= 15 is 0 Å². The molecule has 0 spiro atoms. The number of ether oxygens (including phenoxy) is 1. The summed E-state index contributed by atoms with van der Waals surface area (Å²) in [6.07, 6.45) is 17.1. The Morgan fingerprint density at radius 1 is 1.00 bits per heavy atom. The van der Waals surface area contributed by atoms with Gasteiger partial charge in [0.05, 0.1) is 6.61 Å². The van der Waals surface area contributed by atoms with Gasteiger partial charge in [0.2, 0.25) is 0 Å². The molecule has 3 rings (SSSR count). The van der Waals surface area contributed by atoms with Gasteiger partial charge in [0, 0.05) is 0 Å². The summed E-state index contributed by atoms with van der Waals surface area (Å²) in [7, 11) is 0. The molecule has 0 heterocycles. The lowest BCUT2D eigenvalue weighted by atomic mass is 9.70. The predicted octanol–water partition coefficient (Wildman–Crippen LogP) is 7.49. The molecular weight excluding hydrogens is 335 g/mol. The van der Waals surface area contributed by atoms with E-state index in [9.17, 15) is 4.39 Å². The molecule has 1 saturated carbocycles. The second-order valence-corrected chi connectivity index (χ2v) is 8.66. The van der Waals surface area contributed by atoms with Crippen molar-refractivity contribution in [2.75, 3.05) is 6.61 Å². The van der Waals surface area contributed by atoms with Gasteiger partial charge < -0.3 is 4.74 Å². The number of hydrogen-bond acceptors (Lipinski definition) is 1. The second-order valence-electron chi connectivity index (χ2n) is 8.66. The Bertz CT molecular complexity index is 613. The van der Waals surface area contributed by atoms with Gasteiger partial charge >= 0.3 is 0 Å². The van der Waals surface area contributed by atoms with Gasteiger partial charge in [0.1, 0.15) is 0 Å². The van der Waals surface area contributed by atoms with Crippen LogP contribution in [0.25, 0.3) is 0 Å². The van der Waals surface area contributed by atoms with Crippen LogP contribution >= 0.6 is 0 Å². The van der Waals surface area contributed by atoms with Crippen LogP contribution in [0, 0.1) is 23.6 Å². The molecule has 27 heavy (non-hydrogen) atoms. The molecule has 0 bridgehead atoms. The summed E-state index contributed by atoms with van der Waals surface area (Å²) in [6, 6.07) is 5.43. The van der Waals surface area contributed by atoms with Crippen LogP contribution in [0.2, 0.25) is 0 Å². The summed E-state index contributed by atoms with van der Waals surface area (Å²) in [6.45, 7) is 4.71. The lowest BCUT2D eigenvalue weighted by Gasteiger charge is -2.35. The molecule has 2 aliphatic rings. The average molecular weight is 373 g/mol. The first-order valence-electron chi connectivity index (χ1n) is 11.3. The number of aryl methyl sites for hydroxylation is 1. The molecule has 2 aliphatic carbocycles. The molecule has 0 radical (unpaired) electrons. The summed E-state index contributed by atoms with van der Waals surface area (Å²) >= 11 is 0. The van der Waals surface area contributed by atoms with Gasteiger partial charge in [-0.25, -0.2) is 4.39 Å². The van der Waals surface area contributed by atoms with Crippen molar-refractivity contribution in [2.45, 2.75) is 84.5 Å². The van der Waals surface area contributed by atoms with Crippen LogP contribution in [0.5, 0.6) is 5.75 Å². The summed E-state index contributed by atoms with van der Waals surface area (Å²) in [5, 5.41) is 0. The number of benzene rings is 1. The second kappa shape index (κ2) is 10.3. The molecular formula is C25H37FO. The third-order valence-corrected chi connectivity index (χ3v) is 6.83. The minimum atomic E-state index is -0.231. The summed E-state index contributed by atoms with van der Waals surface area (Å²) in [4.78, 5) is 0. The van der Waals surface area contributed by atoms with E-state index in [0.29, 0.717) is 12.4 Å². The van der Waals surface area contributed by atoms with E-state index in [-0.39, 0.29) is 5.82 Å². The van der Waals surface area contributed by atoms with Crippen LogP contribution < -0.4 is 4.74 Å². The first-order valence-corrected chi connectivity index (χ1v) is 11.3. The SMILES string of the molecule is CCCC1CCC(C2CC=C(CCc3ccc(OCC)c(F)c3)CC2)CC1. The molecule has 0 aromatic heterocycles. The van der Waals surface area contributed by atoms with E-state index in [1.807, 2.05) is 13.0 Å². The lowest BCUT2D eigenvalue weighted by Crippen LogP contribution is -2.23. The van der Waals surface area contributed by atoms with Gasteiger partial charge in [-0.05, 0) is 87.3 Å². The Morgan fingerprint density at radius 2 is 1.81 bits per heavy atom. The fourth-order valence-corrected chi connectivity index (χ4v) is 5.20. The topological polar surface area (TPSA) is 9.23 Å². The predicted molar refractivity (Wildman–Crippen MR) is 112 cm³/mol. The van der Waals surface area contributed by atoms with Gasteiger partial charge in [-0.3, -0.25) is 0 Å². The van der Waals surface area contributed by atoms with Crippen LogP contribution in [0.4, 0.5) is 4.39 Å². The highest BCUT2D eigenvalue weighted by Crippen LogP contribution is 2.41. The zero-order chi connectivity index (χ0) is 19.1. The van der Waals surface area contributed by atoms with E-state index in [4.69, 9.17) is 4.74 Å². The first-order chi connectivity index (χ1) is 13.2. The van der Waals surface area contributed by atoms with E-state index in [1.165, 1.54) is 57.8 Å². The van der Waals surface area contributed by atoms with Gasteiger partial charge in [-0.2, -0.15) is 0 Å². The normalized spacial score (nSPS) is 25.9. The van der Waals surface area contributed by atoms with E-state index in [1.54, 1.807) is 17.7 Å².